The van der Waals surface area contributed by atoms with Crippen molar-refractivity contribution < 1.29 is 19.8 Å². The highest BCUT2D eigenvalue weighted by Gasteiger charge is 1.82. The maximum Gasteiger partial charge on any atom is 0.404 e. The standard InChI is InChI=1S/C3H7NO2.HNO3/c1-2-6-3(4)5;2-1(3)4/h2H2,1H3,(H2,4,5);(H,2,3,4). The number of primary amides is 1. The summed E-state index contributed by atoms with van der Waals surface area (Å²) in [6.07, 6.45) is -0.711. The Balaban J connectivity index is 0. The summed E-state index contributed by atoms with van der Waals surface area (Å²) in [4.78, 5) is 18.0. The van der Waals surface area contributed by atoms with E-state index in [0.29, 0.717) is 6.61 Å². The first-order valence-electron chi connectivity index (χ1n) is 2.26. The molecule has 0 bridgehead atoms. The molecule has 0 aromatic heterocycles. The first-order chi connectivity index (χ1) is 4.50. The van der Waals surface area contributed by atoms with Crippen LogP contribution in [0.25, 0.3) is 0 Å². The summed E-state index contributed by atoms with van der Waals surface area (Å²) in [7, 11) is 0. The van der Waals surface area contributed by atoms with Crippen LogP contribution in [0.5, 0.6) is 0 Å². The van der Waals surface area contributed by atoms with Crippen molar-refractivity contribution >= 4 is 6.09 Å². The molecular weight excluding hydrogens is 144 g/mol. The molecule has 0 rings (SSSR count). The first kappa shape index (κ1) is 11.3. The minimum Gasteiger partial charge on any atom is -0.450 e. The fraction of sp³-hybridized carbons (Fsp3) is 0.667. The molecular formula is C3H8N2O5. The van der Waals surface area contributed by atoms with Crippen LogP contribution in [-0.2, 0) is 4.74 Å². The van der Waals surface area contributed by atoms with E-state index in [2.05, 4.69) is 10.5 Å². The molecule has 1 amide bonds. The number of hydrogen-bond acceptors (Lipinski definition) is 4. The van der Waals surface area contributed by atoms with Gasteiger partial charge in [0.2, 0.25) is 0 Å². The van der Waals surface area contributed by atoms with Gasteiger partial charge < -0.3 is 15.7 Å². The van der Waals surface area contributed by atoms with Crippen LogP contribution < -0.4 is 5.73 Å². The van der Waals surface area contributed by atoms with Gasteiger partial charge in [-0.05, 0) is 6.92 Å². The SMILES string of the molecule is CCOC(N)=O.O=[N+]([O-])O. The topological polar surface area (TPSA) is 116 Å². The highest BCUT2D eigenvalue weighted by atomic mass is 16.9. The summed E-state index contributed by atoms with van der Waals surface area (Å²) in [6, 6.07) is 0. The number of carbonyl (C=O) groups is 1. The van der Waals surface area contributed by atoms with Gasteiger partial charge in [0.05, 0.1) is 6.61 Å². The highest BCUT2D eigenvalue weighted by molar-refractivity contribution is 5.64. The molecule has 0 radical (unpaired) electrons. The van der Waals surface area contributed by atoms with E-state index < -0.39 is 11.2 Å². The van der Waals surface area contributed by atoms with Gasteiger partial charge in [0, 0.05) is 0 Å². The molecule has 3 N–H and O–H groups in total. The molecule has 0 aliphatic carbocycles. The second kappa shape index (κ2) is 7.47. The van der Waals surface area contributed by atoms with E-state index in [-0.39, 0.29) is 0 Å². The Labute approximate surface area is 56.5 Å². The summed E-state index contributed by atoms with van der Waals surface area (Å²) < 4.78 is 4.18. The van der Waals surface area contributed by atoms with Gasteiger partial charge in [0.25, 0.3) is 5.09 Å². The Morgan fingerprint density at radius 3 is 2.20 bits per heavy atom. The van der Waals surface area contributed by atoms with Gasteiger partial charge in [-0.3, -0.25) is 0 Å². The lowest BCUT2D eigenvalue weighted by Gasteiger charge is -1.89. The molecule has 0 spiro atoms. The van der Waals surface area contributed by atoms with Gasteiger partial charge >= 0.3 is 6.09 Å². The normalized spacial score (nSPS) is 6.90. The second-order valence-electron chi connectivity index (χ2n) is 0.990. The number of rotatable bonds is 1. The van der Waals surface area contributed by atoms with E-state index in [4.69, 9.17) is 15.3 Å². The summed E-state index contributed by atoms with van der Waals surface area (Å²) in [5, 5.41) is 13.6. The number of nitrogens with two attached hydrogens (primary N) is 1. The maximum absolute atomic E-state index is 9.60. The lowest BCUT2D eigenvalue weighted by molar-refractivity contribution is -0.742. The van der Waals surface area contributed by atoms with E-state index in [1.807, 2.05) is 0 Å². The van der Waals surface area contributed by atoms with Crippen molar-refractivity contribution in [2.45, 2.75) is 6.92 Å². The van der Waals surface area contributed by atoms with Gasteiger partial charge in [-0.15, -0.1) is 10.1 Å². The predicted octanol–water partition coefficient (Wildman–Crippen LogP) is -0.246. The fourth-order valence-electron chi connectivity index (χ4n) is 0.142. The van der Waals surface area contributed by atoms with Crippen molar-refractivity contribution in [2.24, 2.45) is 5.73 Å². The fourth-order valence-corrected chi connectivity index (χ4v) is 0.142. The van der Waals surface area contributed by atoms with E-state index in [1.165, 1.54) is 0 Å². The molecule has 0 heterocycles. The van der Waals surface area contributed by atoms with Crippen molar-refractivity contribution in [1.29, 1.82) is 0 Å². The average molecular weight is 152 g/mol. The molecule has 0 atom stereocenters. The van der Waals surface area contributed by atoms with Crippen molar-refractivity contribution in [3.8, 4) is 0 Å². The molecule has 0 unspecified atom stereocenters. The summed E-state index contributed by atoms with van der Waals surface area (Å²) in [5.41, 5.74) is 4.54. The van der Waals surface area contributed by atoms with Crippen LogP contribution in [0.4, 0.5) is 4.79 Å². The molecule has 0 saturated carbocycles. The van der Waals surface area contributed by atoms with Crippen molar-refractivity contribution in [3.05, 3.63) is 10.1 Å². The molecule has 0 saturated heterocycles. The first-order valence-corrected chi connectivity index (χ1v) is 2.26. The zero-order valence-corrected chi connectivity index (χ0v) is 5.31. The van der Waals surface area contributed by atoms with Gasteiger partial charge in [0.15, 0.2) is 0 Å². The average Bonchev–Trinajstić information content (AvgIpc) is 1.62. The molecule has 0 aliphatic heterocycles. The monoisotopic (exact) mass is 152 g/mol. The van der Waals surface area contributed by atoms with Gasteiger partial charge in [-0.25, -0.2) is 4.79 Å². The van der Waals surface area contributed by atoms with Crippen molar-refractivity contribution in [3.63, 3.8) is 0 Å². The molecule has 0 fully saturated rings. The van der Waals surface area contributed by atoms with Gasteiger partial charge in [-0.2, -0.15) is 0 Å². The molecule has 0 aliphatic rings. The predicted molar refractivity (Wildman–Crippen MR) is 30.0 cm³/mol. The minimum absolute atomic E-state index is 0.356. The number of nitrogens with zero attached hydrogens (tertiary/aromatic N) is 1. The third-order valence-electron chi connectivity index (χ3n) is 0.287. The Morgan fingerprint density at radius 2 is 2.20 bits per heavy atom. The van der Waals surface area contributed by atoms with E-state index in [1.54, 1.807) is 6.92 Å². The third kappa shape index (κ3) is 89.6. The van der Waals surface area contributed by atoms with Crippen molar-refractivity contribution in [1.82, 2.24) is 0 Å². The number of ether oxygens (including phenoxy) is 1. The Morgan fingerprint density at radius 1 is 1.90 bits per heavy atom. The Hall–Kier alpha value is -1.53. The zero-order chi connectivity index (χ0) is 8.57. The van der Waals surface area contributed by atoms with Crippen LogP contribution in [0, 0.1) is 10.1 Å². The van der Waals surface area contributed by atoms with Crippen LogP contribution in [0.2, 0.25) is 0 Å². The smallest absolute Gasteiger partial charge is 0.404 e. The Bertz CT molecular complexity index is 109. The molecule has 60 valence electrons. The molecule has 7 nitrogen and oxygen atoms in total. The number of amides is 1. The largest absolute Gasteiger partial charge is 0.450 e. The minimum atomic E-state index is -1.50. The van der Waals surface area contributed by atoms with E-state index >= 15 is 0 Å². The molecule has 10 heavy (non-hydrogen) atoms. The van der Waals surface area contributed by atoms with E-state index in [9.17, 15) is 4.79 Å². The maximum atomic E-state index is 9.60. The van der Waals surface area contributed by atoms with Crippen LogP contribution in [0.3, 0.4) is 0 Å². The van der Waals surface area contributed by atoms with Crippen LogP contribution >= 0.6 is 0 Å². The summed E-state index contributed by atoms with van der Waals surface area (Å²) >= 11 is 0. The van der Waals surface area contributed by atoms with Crippen LogP contribution in [0.1, 0.15) is 6.92 Å². The molecule has 0 aromatic carbocycles. The lowest BCUT2D eigenvalue weighted by atomic mass is 10.9. The zero-order valence-electron chi connectivity index (χ0n) is 5.31. The number of carbonyl (C=O) groups excluding carboxylic acids is 1. The lowest BCUT2D eigenvalue weighted by Crippen LogP contribution is -2.11. The quantitative estimate of drug-likeness (QED) is 0.397. The molecule has 0 aromatic rings. The second-order valence-corrected chi connectivity index (χ2v) is 0.990. The third-order valence-corrected chi connectivity index (χ3v) is 0.287. The highest BCUT2D eigenvalue weighted by Crippen LogP contribution is 1.66. The Kier molecular flexibility index (Phi) is 8.43. The molecule has 7 heteroatoms. The van der Waals surface area contributed by atoms with Gasteiger partial charge in [-0.1, -0.05) is 0 Å². The van der Waals surface area contributed by atoms with Gasteiger partial charge in [0.1, 0.15) is 0 Å². The van der Waals surface area contributed by atoms with Crippen molar-refractivity contribution in [2.75, 3.05) is 6.61 Å². The van der Waals surface area contributed by atoms with Crippen LogP contribution in [0.15, 0.2) is 0 Å². The number of hydrogen-bond donors (Lipinski definition) is 2. The van der Waals surface area contributed by atoms with E-state index in [0.717, 1.165) is 0 Å². The van der Waals surface area contributed by atoms with Crippen LogP contribution in [-0.4, -0.2) is 23.0 Å². The summed E-state index contributed by atoms with van der Waals surface area (Å²) in [6.45, 7) is 2.06. The summed E-state index contributed by atoms with van der Waals surface area (Å²) in [5.74, 6) is 0.